The molecule has 5 nitrogen and oxygen atoms in total. The van der Waals surface area contributed by atoms with Gasteiger partial charge in [-0.15, -0.1) is 0 Å². The molecule has 1 heterocycles. The van der Waals surface area contributed by atoms with Gasteiger partial charge in [-0.05, 0) is 45.4 Å². The van der Waals surface area contributed by atoms with Crippen molar-refractivity contribution in [3.63, 3.8) is 0 Å². The lowest BCUT2D eigenvalue weighted by Crippen LogP contribution is -2.29. The van der Waals surface area contributed by atoms with Crippen LogP contribution in [0.3, 0.4) is 0 Å². The normalized spacial score (nSPS) is 13.9. The first-order valence-electron chi connectivity index (χ1n) is 6.44. The molecule has 0 aliphatic heterocycles. The third-order valence-electron chi connectivity index (χ3n) is 3.41. The number of benzene rings is 1. The number of anilines is 1. The molecule has 2 aromatic rings. The van der Waals surface area contributed by atoms with Gasteiger partial charge < -0.3 is 20.5 Å². The van der Waals surface area contributed by atoms with Crippen LogP contribution in [0.1, 0.15) is 39.1 Å². The predicted molar refractivity (Wildman–Crippen MR) is 75.8 cm³/mol. The summed E-state index contributed by atoms with van der Waals surface area (Å²) in [7, 11) is 0. The zero-order chi connectivity index (χ0) is 14.2. The van der Waals surface area contributed by atoms with Gasteiger partial charge in [0.2, 0.25) is 0 Å². The van der Waals surface area contributed by atoms with Gasteiger partial charge in [0.05, 0.1) is 11.0 Å². The first-order valence-corrected chi connectivity index (χ1v) is 6.44. The highest BCUT2D eigenvalue weighted by atomic mass is 16.3. The van der Waals surface area contributed by atoms with Gasteiger partial charge in [0.1, 0.15) is 11.9 Å². The number of aromatic nitrogens is 2. The van der Waals surface area contributed by atoms with Gasteiger partial charge in [-0.2, -0.15) is 0 Å². The van der Waals surface area contributed by atoms with E-state index in [1.807, 2.05) is 30.5 Å². The van der Waals surface area contributed by atoms with Crippen molar-refractivity contribution >= 4 is 16.7 Å². The van der Waals surface area contributed by atoms with Gasteiger partial charge in [0, 0.05) is 17.8 Å². The average molecular weight is 263 g/mol. The molecule has 1 aromatic carbocycles. The molecule has 0 saturated heterocycles. The van der Waals surface area contributed by atoms with E-state index in [0.29, 0.717) is 17.9 Å². The van der Waals surface area contributed by atoms with Crippen LogP contribution in [0.25, 0.3) is 11.0 Å². The van der Waals surface area contributed by atoms with Gasteiger partial charge in [0.25, 0.3) is 0 Å². The smallest absolute Gasteiger partial charge is 0.139 e. The molecule has 0 saturated carbocycles. The molecule has 1 atom stereocenters. The van der Waals surface area contributed by atoms with Crippen LogP contribution in [-0.2, 0) is 5.54 Å². The van der Waals surface area contributed by atoms with Gasteiger partial charge in [-0.25, -0.2) is 4.98 Å². The van der Waals surface area contributed by atoms with Gasteiger partial charge >= 0.3 is 0 Å². The number of nitrogen functional groups attached to an aromatic ring is 1. The maximum atomic E-state index is 9.93. The second kappa shape index (κ2) is 4.83. The number of rotatable bonds is 4. The Morgan fingerprint density at radius 3 is 2.68 bits per heavy atom. The molecule has 0 aliphatic carbocycles. The lowest BCUT2D eigenvalue weighted by molar-refractivity contribution is 0.162. The predicted octanol–water partition coefficient (Wildman–Crippen LogP) is 1.79. The molecule has 4 N–H and O–H groups in total. The van der Waals surface area contributed by atoms with E-state index in [2.05, 4.69) is 4.98 Å². The standard InChI is InChI=1S/C14H21N3O2/c1-9(19)13-16-11-8-10(15)4-5-12(11)17(13)14(2,3)6-7-18/h4-5,8-9,18-19H,6-7,15H2,1-3H3. The van der Waals surface area contributed by atoms with Crippen molar-refractivity contribution in [2.24, 2.45) is 0 Å². The molecular formula is C14H21N3O2. The molecule has 0 aliphatic rings. The van der Waals surface area contributed by atoms with Crippen molar-refractivity contribution in [3.05, 3.63) is 24.0 Å². The van der Waals surface area contributed by atoms with E-state index in [4.69, 9.17) is 5.73 Å². The molecular weight excluding hydrogens is 242 g/mol. The van der Waals surface area contributed by atoms with E-state index in [9.17, 15) is 10.2 Å². The molecule has 0 fully saturated rings. The number of aliphatic hydroxyl groups excluding tert-OH is 2. The van der Waals surface area contributed by atoms with Crippen LogP contribution >= 0.6 is 0 Å². The molecule has 5 heteroatoms. The quantitative estimate of drug-likeness (QED) is 0.734. The minimum atomic E-state index is -0.674. The summed E-state index contributed by atoms with van der Waals surface area (Å²) in [6.07, 6.45) is -0.0886. The largest absolute Gasteiger partial charge is 0.399 e. The summed E-state index contributed by atoms with van der Waals surface area (Å²) in [5.74, 6) is 0.596. The summed E-state index contributed by atoms with van der Waals surface area (Å²) in [4.78, 5) is 4.47. The third kappa shape index (κ3) is 2.43. The summed E-state index contributed by atoms with van der Waals surface area (Å²) in [5.41, 5.74) is 7.78. The highest BCUT2D eigenvalue weighted by Crippen LogP contribution is 2.31. The lowest BCUT2D eigenvalue weighted by atomic mass is 10.00. The van der Waals surface area contributed by atoms with Crippen LogP contribution in [0.4, 0.5) is 5.69 Å². The van der Waals surface area contributed by atoms with Crippen molar-refractivity contribution in [1.29, 1.82) is 0 Å². The molecule has 19 heavy (non-hydrogen) atoms. The number of nitrogens with two attached hydrogens (primary N) is 1. The highest BCUT2D eigenvalue weighted by Gasteiger charge is 2.27. The Morgan fingerprint density at radius 2 is 2.11 bits per heavy atom. The summed E-state index contributed by atoms with van der Waals surface area (Å²) in [5, 5.41) is 19.2. The second-order valence-corrected chi connectivity index (χ2v) is 5.52. The second-order valence-electron chi connectivity index (χ2n) is 5.52. The van der Waals surface area contributed by atoms with Crippen LogP contribution in [0.15, 0.2) is 18.2 Å². The topological polar surface area (TPSA) is 84.3 Å². The Kier molecular flexibility index (Phi) is 3.52. The summed E-state index contributed by atoms with van der Waals surface area (Å²) < 4.78 is 1.99. The highest BCUT2D eigenvalue weighted by molar-refractivity contribution is 5.80. The monoisotopic (exact) mass is 263 g/mol. The zero-order valence-corrected chi connectivity index (χ0v) is 11.6. The van der Waals surface area contributed by atoms with Gasteiger partial charge in [-0.3, -0.25) is 0 Å². The number of hydrogen-bond acceptors (Lipinski definition) is 4. The molecule has 0 spiro atoms. The fraction of sp³-hybridized carbons (Fsp3) is 0.500. The lowest BCUT2D eigenvalue weighted by Gasteiger charge is -2.29. The molecule has 0 bridgehead atoms. The fourth-order valence-electron chi connectivity index (χ4n) is 2.42. The van der Waals surface area contributed by atoms with E-state index in [-0.39, 0.29) is 12.1 Å². The molecule has 104 valence electrons. The molecule has 1 aromatic heterocycles. The van der Waals surface area contributed by atoms with E-state index in [1.165, 1.54) is 0 Å². The van der Waals surface area contributed by atoms with E-state index >= 15 is 0 Å². The summed E-state index contributed by atoms with van der Waals surface area (Å²) in [6, 6.07) is 5.52. The van der Waals surface area contributed by atoms with Crippen molar-refractivity contribution in [3.8, 4) is 0 Å². The van der Waals surface area contributed by atoms with Crippen LogP contribution in [0.5, 0.6) is 0 Å². The molecule has 2 rings (SSSR count). The number of nitrogens with zero attached hydrogens (tertiary/aromatic N) is 2. The first kappa shape index (κ1) is 13.8. The summed E-state index contributed by atoms with van der Waals surface area (Å²) in [6.45, 7) is 5.82. The van der Waals surface area contributed by atoms with E-state index in [1.54, 1.807) is 13.0 Å². The van der Waals surface area contributed by atoms with E-state index < -0.39 is 6.10 Å². The summed E-state index contributed by atoms with van der Waals surface area (Å²) >= 11 is 0. The van der Waals surface area contributed by atoms with Crippen LogP contribution in [0.2, 0.25) is 0 Å². The number of fused-ring (bicyclic) bond motifs is 1. The Hall–Kier alpha value is -1.59. The minimum Gasteiger partial charge on any atom is -0.399 e. The van der Waals surface area contributed by atoms with Crippen molar-refractivity contribution in [1.82, 2.24) is 9.55 Å². The molecule has 1 unspecified atom stereocenters. The average Bonchev–Trinajstić information content (AvgIpc) is 2.67. The number of imidazole rings is 1. The van der Waals surface area contributed by atoms with Crippen LogP contribution in [-0.4, -0.2) is 26.4 Å². The van der Waals surface area contributed by atoms with Crippen molar-refractivity contribution in [2.75, 3.05) is 12.3 Å². The maximum absolute atomic E-state index is 9.93. The Morgan fingerprint density at radius 1 is 1.42 bits per heavy atom. The van der Waals surface area contributed by atoms with Gasteiger partial charge in [0.15, 0.2) is 0 Å². The van der Waals surface area contributed by atoms with E-state index in [0.717, 1.165) is 11.0 Å². The molecule has 0 amide bonds. The zero-order valence-electron chi connectivity index (χ0n) is 11.6. The number of hydrogen-bond donors (Lipinski definition) is 3. The fourth-order valence-corrected chi connectivity index (χ4v) is 2.42. The van der Waals surface area contributed by atoms with Crippen LogP contribution < -0.4 is 5.73 Å². The SMILES string of the molecule is CC(O)c1nc2cc(N)ccc2n1C(C)(C)CCO. The third-order valence-corrected chi connectivity index (χ3v) is 3.41. The molecule has 0 radical (unpaired) electrons. The van der Waals surface area contributed by atoms with Gasteiger partial charge in [-0.1, -0.05) is 0 Å². The van der Waals surface area contributed by atoms with Crippen molar-refractivity contribution < 1.29 is 10.2 Å². The van der Waals surface area contributed by atoms with Crippen LogP contribution in [0, 0.1) is 0 Å². The minimum absolute atomic E-state index is 0.0842. The Bertz CT molecular complexity index is 588. The maximum Gasteiger partial charge on any atom is 0.139 e. The Balaban J connectivity index is 2.72. The number of aliphatic hydroxyl groups is 2. The van der Waals surface area contributed by atoms with Crippen molar-refractivity contribution in [2.45, 2.75) is 38.8 Å². The Labute approximate surface area is 112 Å². The first-order chi connectivity index (χ1) is 8.86.